The maximum absolute atomic E-state index is 8.49. The minimum absolute atomic E-state index is 0. The molecule has 0 aromatic rings. The third-order valence-corrected chi connectivity index (χ3v) is 4.08. The first-order valence-electron chi connectivity index (χ1n) is 9.40. The largest absolute Gasteiger partial charge is 2.00 e. The van der Waals surface area contributed by atoms with Crippen molar-refractivity contribution in [3.63, 3.8) is 0 Å². The van der Waals surface area contributed by atoms with Crippen molar-refractivity contribution in [2.45, 2.75) is 77.5 Å². The third kappa shape index (κ3) is 35.4. The van der Waals surface area contributed by atoms with Crippen LogP contribution in [0.4, 0.5) is 0 Å². The van der Waals surface area contributed by atoms with Crippen molar-refractivity contribution in [1.82, 2.24) is 21.3 Å². The second kappa shape index (κ2) is 16.3. The Balaban J connectivity index is -0.000000595. The molecule has 15 heteroatoms. The van der Waals surface area contributed by atoms with Gasteiger partial charge in [0.1, 0.15) is 0 Å². The molecule has 0 aromatic carbocycles. The third-order valence-electron chi connectivity index (χ3n) is 4.08. The van der Waals surface area contributed by atoms with E-state index >= 15 is 0 Å². The van der Waals surface area contributed by atoms with Crippen LogP contribution in [0.3, 0.4) is 0 Å². The molecule has 0 saturated carbocycles. The Hall–Kier alpha value is 0.594. The van der Waals surface area contributed by atoms with E-state index in [1.165, 1.54) is 0 Å². The summed E-state index contributed by atoms with van der Waals surface area (Å²) in [6.07, 6.45) is 2.29. The second-order valence-electron chi connectivity index (χ2n) is 8.50. The summed E-state index contributed by atoms with van der Waals surface area (Å²) >= 11 is 0. The molecule has 1 aliphatic heterocycles. The maximum Gasteiger partial charge on any atom is 2.00 e. The Morgan fingerprint density at radius 1 is 0.581 bits per heavy atom. The molecule has 1 aliphatic rings. The van der Waals surface area contributed by atoms with Gasteiger partial charge in [-0.05, 0) is 54.4 Å². The predicted molar refractivity (Wildman–Crippen MR) is 88.3 cm³/mol. The van der Waals surface area contributed by atoms with E-state index in [1.807, 2.05) is 0 Å². The van der Waals surface area contributed by atoms with E-state index in [0.717, 1.165) is 39.0 Å². The fourth-order valence-corrected chi connectivity index (χ4v) is 3.26. The van der Waals surface area contributed by atoms with Crippen molar-refractivity contribution in [2.75, 3.05) is 26.2 Å². The molecular formula is C16H36Cl2N4NiO8. The fourth-order valence-electron chi connectivity index (χ4n) is 3.26. The summed E-state index contributed by atoms with van der Waals surface area (Å²) in [5, 5.41) is 14.6. The summed E-state index contributed by atoms with van der Waals surface area (Å²) in [5.41, 5.74) is 0.367. The minimum Gasteiger partial charge on any atom is -0.313 e. The van der Waals surface area contributed by atoms with Gasteiger partial charge in [0.15, 0.2) is 0 Å². The molecule has 1 heterocycles. The molecule has 0 aliphatic carbocycles. The topological polar surface area (TPSA) is 233 Å². The van der Waals surface area contributed by atoms with Gasteiger partial charge in [-0.25, -0.2) is 37.3 Å². The molecule has 0 bridgehead atoms. The Labute approximate surface area is 199 Å². The van der Waals surface area contributed by atoms with Crippen molar-refractivity contribution < 1.29 is 74.2 Å². The molecule has 2 atom stereocenters. The van der Waals surface area contributed by atoms with Gasteiger partial charge in [0.25, 0.3) is 0 Å². The minimum atomic E-state index is -4.94. The van der Waals surface area contributed by atoms with Crippen molar-refractivity contribution in [3.8, 4) is 0 Å². The van der Waals surface area contributed by atoms with Crippen LogP contribution in [0.2, 0.25) is 0 Å². The van der Waals surface area contributed by atoms with E-state index in [4.69, 9.17) is 37.3 Å². The average molecular weight is 542 g/mol. The first-order valence-corrected chi connectivity index (χ1v) is 11.9. The molecule has 0 spiro atoms. The van der Waals surface area contributed by atoms with Gasteiger partial charge in [-0.3, -0.25) is 0 Å². The summed E-state index contributed by atoms with van der Waals surface area (Å²) in [7, 11) is -9.89. The van der Waals surface area contributed by atoms with Crippen LogP contribution >= 0.6 is 0 Å². The molecule has 192 valence electrons. The Bertz CT molecular complexity index is 402. The standard InChI is InChI=1S/C16H36N4.2ClHO4.Ni/c1-13-11-15(3,4)19-9-10-20-16(5,6)12-14(2)18-8-7-17-13;2*2-1(3,4)5;/h13-14,17-20H,7-12H2,1-6H3;2*(H,2,3,4,5);/q;;;+2/p-2. The molecule has 1 fully saturated rings. The zero-order valence-electron chi connectivity index (χ0n) is 18.7. The van der Waals surface area contributed by atoms with Gasteiger partial charge in [-0.1, -0.05) is 0 Å². The molecule has 2 unspecified atom stereocenters. The van der Waals surface area contributed by atoms with Crippen molar-refractivity contribution >= 4 is 0 Å². The van der Waals surface area contributed by atoms with Crippen LogP contribution in [-0.2, 0) is 16.5 Å². The normalized spacial score (nSPS) is 25.4. The fraction of sp³-hybridized carbons (Fsp3) is 1.00. The van der Waals surface area contributed by atoms with Crippen LogP contribution in [0.5, 0.6) is 0 Å². The van der Waals surface area contributed by atoms with Crippen molar-refractivity contribution in [3.05, 3.63) is 0 Å². The molecule has 4 N–H and O–H groups in total. The Morgan fingerprint density at radius 2 is 0.806 bits per heavy atom. The molecule has 12 nitrogen and oxygen atoms in total. The number of nitrogens with one attached hydrogen (secondary N) is 4. The van der Waals surface area contributed by atoms with Crippen molar-refractivity contribution in [2.24, 2.45) is 0 Å². The monoisotopic (exact) mass is 540 g/mol. The van der Waals surface area contributed by atoms with Gasteiger partial charge in [-0.2, -0.15) is 0 Å². The van der Waals surface area contributed by atoms with Crippen LogP contribution < -0.4 is 58.5 Å². The van der Waals surface area contributed by atoms with E-state index in [-0.39, 0.29) is 27.6 Å². The molecule has 0 amide bonds. The molecule has 1 saturated heterocycles. The van der Waals surface area contributed by atoms with Gasteiger partial charge in [-0.15, -0.1) is 20.5 Å². The first-order chi connectivity index (χ1) is 13.2. The number of hydrogen-bond acceptors (Lipinski definition) is 12. The predicted octanol–water partition coefficient (Wildman–Crippen LogP) is -8.04. The van der Waals surface area contributed by atoms with E-state index in [2.05, 4.69) is 62.8 Å². The summed E-state index contributed by atoms with van der Waals surface area (Å²) in [6, 6.07) is 1.09. The molecule has 0 radical (unpaired) electrons. The quantitative estimate of drug-likeness (QED) is 0.209. The van der Waals surface area contributed by atoms with E-state index < -0.39 is 20.5 Å². The zero-order valence-corrected chi connectivity index (χ0v) is 21.2. The number of halogens is 2. The number of rotatable bonds is 0. The van der Waals surface area contributed by atoms with Gasteiger partial charge in [0.05, 0.1) is 0 Å². The summed E-state index contributed by atoms with van der Waals surface area (Å²) in [4.78, 5) is 0. The van der Waals surface area contributed by atoms with Gasteiger partial charge in [0, 0.05) is 49.3 Å². The summed E-state index contributed by atoms with van der Waals surface area (Å²) in [6.45, 7) is 17.8. The Kier molecular flexibility index (Phi) is 19.0. The van der Waals surface area contributed by atoms with E-state index in [0.29, 0.717) is 12.1 Å². The van der Waals surface area contributed by atoms with Crippen molar-refractivity contribution in [1.29, 1.82) is 0 Å². The molecule has 31 heavy (non-hydrogen) atoms. The zero-order chi connectivity index (χ0) is 24.2. The smallest absolute Gasteiger partial charge is 0.313 e. The molecule has 1 rings (SSSR count). The number of hydrogen-bond donors (Lipinski definition) is 4. The van der Waals surface area contributed by atoms with Gasteiger partial charge in [0.2, 0.25) is 0 Å². The van der Waals surface area contributed by atoms with Crippen LogP contribution in [0.25, 0.3) is 0 Å². The Morgan fingerprint density at radius 3 is 1.03 bits per heavy atom. The SMILES string of the molecule is CC1CC(C)(C)NCCNC(C)(C)CC(C)NCCN1.[Ni+2].[O-][Cl+3]([O-])([O-])[O-].[O-][Cl+3]([O-])([O-])[O-]. The van der Waals surface area contributed by atoms with Crippen LogP contribution in [0.15, 0.2) is 0 Å². The second-order valence-corrected chi connectivity index (χ2v) is 10.0. The first kappa shape index (κ1) is 36.2. The van der Waals surface area contributed by atoms with E-state index in [1.54, 1.807) is 0 Å². The van der Waals surface area contributed by atoms with E-state index in [9.17, 15) is 0 Å². The average Bonchev–Trinajstić information content (AvgIpc) is 2.43. The summed E-state index contributed by atoms with van der Waals surface area (Å²) in [5.74, 6) is 0. The van der Waals surface area contributed by atoms with Gasteiger partial charge < -0.3 is 21.3 Å². The van der Waals surface area contributed by atoms with Gasteiger partial charge >= 0.3 is 16.5 Å². The molecular weight excluding hydrogens is 506 g/mol. The van der Waals surface area contributed by atoms with Crippen LogP contribution in [-0.4, -0.2) is 49.3 Å². The maximum atomic E-state index is 8.49. The molecule has 0 aromatic heterocycles. The summed E-state index contributed by atoms with van der Waals surface area (Å²) < 4.78 is 67.9. The van der Waals surface area contributed by atoms with Crippen LogP contribution in [0.1, 0.15) is 54.4 Å². The van der Waals surface area contributed by atoms with Crippen LogP contribution in [0, 0.1) is 20.5 Å².